The lowest BCUT2D eigenvalue weighted by Gasteiger charge is -2.10. The maximum Gasteiger partial charge on any atom is 0.341 e. The van der Waals surface area contributed by atoms with Crippen molar-refractivity contribution in [2.45, 2.75) is 6.42 Å². The standard InChI is InChI=1S/C13H15BrO3/c1-16-9-12(13(15)17-2)11-6-4-3-5-10(11)7-8-14/h3-6,9H,7-8H2,1-2H3/b12-9+. The molecule has 0 aliphatic rings. The van der Waals surface area contributed by atoms with Crippen molar-refractivity contribution >= 4 is 27.5 Å². The smallest absolute Gasteiger partial charge is 0.341 e. The SMILES string of the molecule is CO/C=C(/C(=O)OC)c1ccccc1CCBr. The minimum absolute atomic E-state index is 0.395. The number of aryl methyl sites for hydroxylation is 1. The molecular weight excluding hydrogens is 284 g/mol. The Morgan fingerprint density at radius 3 is 2.65 bits per heavy atom. The van der Waals surface area contributed by atoms with E-state index in [1.165, 1.54) is 20.5 Å². The molecule has 0 amide bonds. The Kier molecular flexibility index (Phi) is 5.77. The summed E-state index contributed by atoms with van der Waals surface area (Å²) in [7, 11) is 2.87. The Morgan fingerprint density at radius 1 is 1.35 bits per heavy atom. The Labute approximate surface area is 110 Å². The van der Waals surface area contributed by atoms with Gasteiger partial charge in [0.25, 0.3) is 0 Å². The van der Waals surface area contributed by atoms with Crippen LogP contribution in [-0.4, -0.2) is 25.5 Å². The summed E-state index contributed by atoms with van der Waals surface area (Å²) in [6.45, 7) is 0. The van der Waals surface area contributed by atoms with Crippen LogP contribution in [0.2, 0.25) is 0 Å². The van der Waals surface area contributed by atoms with Crippen molar-refractivity contribution in [2.24, 2.45) is 0 Å². The van der Waals surface area contributed by atoms with Crippen LogP contribution < -0.4 is 0 Å². The number of carbonyl (C=O) groups excluding carboxylic acids is 1. The largest absolute Gasteiger partial charge is 0.503 e. The molecule has 0 aliphatic heterocycles. The zero-order valence-electron chi connectivity index (χ0n) is 9.90. The molecule has 0 saturated heterocycles. The van der Waals surface area contributed by atoms with E-state index in [9.17, 15) is 4.79 Å². The number of halogens is 1. The highest BCUT2D eigenvalue weighted by Crippen LogP contribution is 2.21. The van der Waals surface area contributed by atoms with E-state index in [1.54, 1.807) is 0 Å². The van der Waals surface area contributed by atoms with Gasteiger partial charge >= 0.3 is 5.97 Å². The van der Waals surface area contributed by atoms with Gasteiger partial charge in [-0.05, 0) is 17.5 Å². The zero-order valence-corrected chi connectivity index (χ0v) is 11.5. The van der Waals surface area contributed by atoms with Gasteiger partial charge in [0.2, 0.25) is 0 Å². The van der Waals surface area contributed by atoms with E-state index in [0.29, 0.717) is 5.57 Å². The van der Waals surface area contributed by atoms with Crippen LogP contribution in [-0.2, 0) is 20.7 Å². The quantitative estimate of drug-likeness (QED) is 0.363. The van der Waals surface area contributed by atoms with Crippen LogP contribution in [0.3, 0.4) is 0 Å². The van der Waals surface area contributed by atoms with Crippen molar-refractivity contribution in [1.29, 1.82) is 0 Å². The highest BCUT2D eigenvalue weighted by atomic mass is 79.9. The van der Waals surface area contributed by atoms with Gasteiger partial charge < -0.3 is 9.47 Å². The second-order valence-corrected chi connectivity index (χ2v) is 4.15. The maximum absolute atomic E-state index is 11.7. The molecule has 1 rings (SSSR count). The first-order valence-corrected chi connectivity index (χ1v) is 6.32. The Bertz CT molecular complexity index is 413. The average Bonchev–Trinajstić information content (AvgIpc) is 2.36. The first-order chi connectivity index (χ1) is 8.24. The van der Waals surface area contributed by atoms with E-state index >= 15 is 0 Å². The maximum atomic E-state index is 11.7. The van der Waals surface area contributed by atoms with Crippen LogP contribution in [0.15, 0.2) is 30.5 Å². The molecule has 0 fully saturated rings. The van der Waals surface area contributed by atoms with Gasteiger partial charge in [0.15, 0.2) is 0 Å². The molecular formula is C13H15BrO3. The second kappa shape index (κ2) is 7.12. The highest BCUT2D eigenvalue weighted by molar-refractivity contribution is 9.09. The predicted molar refractivity (Wildman–Crippen MR) is 70.9 cm³/mol. The summed E-state index contributed by atoms with van der Waals surface area (Å²) in [4.78, 5) is 11.7. The topological polar surface area (TPSA) is 35.5 Å². The fraction of sp³-hybridized carbons (Fsp3) is 0.308. The molecule has 0 radical (unpaired) electrons. The molecule has 4 heteroatoms. The number of esters is 1. The number of benzene rings is 1. The minimum atomic E-state index is -0.395. The lowest BCUT2D eigenvalue weighted by molar-refractivity contribution is -0.133. The van der Waals surface area contributed by atoms with Gasteiger partial charge in [0, 0.05) is 5.33 Å². The fourth-order valence-electron chi connectivity index (χ4n) is 1.55. The summed E-state index contributed by atoms with van der Waals surface area (Å²) in [6.07, 6.45) is 2.26. The van der Waals surface area contributed by atoms with Gasteiger partial charge in [-0.3, -0.25) is 0 Å². The first kappa shape index (κ1) is 13.8. The molecule has 0 aromatic heterocycles. The van der Waals surface area contributed by atoms with Crippen LogP contribution in [0.5, 0.6) is 0 Å². The van der Waals surface area contributed by atoms with E-state index in [0.717, 1.165) is 22.9 Å². The van der Waals surface area contributed by atoms with Crippen LogP contribution in [0.1, 0.15) is 11.1 Å². The van der Waals surface area contributed by atoms with Gasteiger partial charge in [-0.15, -0.1) is 0 Å². The van der Waals surface area contributed by atoms with Gasteiger partial charge in [0.05, 0.1) is 20.5 Å². The Morgan fingerprint density at radius 2 is 2.06 bits per heavy atom. The van der Waals surface area contributed by atoms with Crippen LogP contribution in [0.25, 0.3) is 5.57 Å². The molecule has 1 aromatic carbocycles. The number of rotatable bonds is 5. The monoisotopic (exact) mass is 298 g/mol. The van der Waals surface area contributed by atoms with Gasteiger partial charge in [-0.2, -0.15) is 0 Å². The summed E-state index contributed by atoms with van der Waals surface area (Å²) in [6, 6.07) is 7.71. The summed E-state index contributed by atoms with van der Waals surface area (Å²) in [5, 5.41) is 0.839. The number of methoxy groups -OCH3 is 2. The molecule has 92 valence electrons. The first-order valence-electron chi connectivity index (χ1n) is 5.20. The van der Waals surface area contributed by atoms with Crippen LogP contribution >= 0.6 is 15.9 Å². The number of carbonyl (C=O) groups is 1. The minimum Gasteiger partial charge on any atom is -0.503 e. The van der Waals surface area contributed by atoms with Crippen molar-refractivity contribution < 1.29 is 14.3 Å². The molecule has 0 unspecified atom stereocenters. The van der Waals surface area contributed by atoms with E-state index in [-0.39, 0.29) is 0 Å². The Balaban J connectivity index is 3.18. The summed E-state index contributed by atoms with van der Waals surface area (Å²) in [5.41, 5.74) is 2.37. The van der Waals surface area contributed by atoms with E-state index in [4.69, 9.17) is 9.47 Å². The lowest BCUT2D eigenvalue weighted by Crippen LogP contribution is -2.07. The van der Waals surface area contributed by atoms with Crippen LogP contribution in [0.4, 0.5) is 0 Å². The van der Waals surface area contributed by atoms with Crippen molar-refractivity contribution in [3.05, 3.63) is 41.7 Å². The molecule has 0 bridgehead atoms. The Hall–Kier alpha value is -1.29. The molecule has 1 aromatic rings. The normalized spacial score (nSPS) is 11.1. The number of alkyl halides is 1. The molecule has 3 nitrogen and oxygen atoms in total. The van der Waals surface area contributed by atoms with E-state index < -0.39 is 5.97 Å². The predicted octanol–water partition coefficient (Wildman–Crippen LogP) is 2.78. The second-order valence-electron chi connectivity index (χ2n) is 3.35. The molecule has 0 heterocycles. The highest BCUT2D eigenvalue weighted by Gasteiger charge is 2.15. The summed E-state index contributed by atoms with van der Waals surface area (Å²) >= 11 is 3.40. The number of ether oxygens (including phenoxy) is 2. The van der Waals surface area contributed by atoms with E-state index in [2.05, 4.69) is 15.9 Å². The number of hydrogen-bond donors (Lipinski definition) is 0. The van der Waals surface area contributed by atoms with Gasteiger partial charge in [0.1, 0.15) is 5.57 Å². The third-order valence-electron chi connectivity index (χ3n) is 2.31. The van der Waals surface area contributed by atoms with Crippen molar-refractivity contribution in [1.82, 2.24) is 0 Å². The van der Waals surface area contributed by atoms with Gasteiger partial charge in [-0.25, -0.2) is 4.79 Å². The summed E-state index contributed by atoms with van der Waals surface area (Å²) < 4.78 is 9.69. The van der Waals surface area contributed by atoms with Crippen molar-refractivity contribution in [3.8, 4) is 0 Å². The summed E-state index contributed by atoms with van der Waals surface area (Å²) in [5.74, 6) is -0.395. The van der Waals surface area contributed by atoms with Crippen molar-refractivity contribution in [3.63, 3.8) is 0 Å². The molecule has 0 aliphatic carbocycles. The fourth-order valence-corrected chi connectivity index (χ4v) is 1.98. The third kappa shape index (κ3) is 3.60. The van der Waals surface area contributed by atoms with Gasteiger partial charge in [-0.1, -0.05) is 40.2 Å². The third-order valence-corrected chi connectivity index (χ3v) is 2.71. The molecule has 0 atom stereocenters. The lowest BCUT2D eigenvalue weighted by atomic mass is 9.99. The molecule has 0 spiro atoms. The average molecular weight is 299 g/mol. The number of hydrogen-bond acceptors (Lipinski definition) is 3. The molecule has 0 N–H and O–H groups in total. The van der Waals surface area contributed by atoms with Crippen molar-refractivity contribution in [2.75, 3.05) is 19.5 Å². The van der Waals surface area contributed by atoms with Crippen LogP contribution in [0, 0.1) is 0 Å². The zero-order chi connectivity index (χ0) is 12.7. The molecule has 0 saturated carbocycles. The van der Waals surface area contributed by atoms with E-state index in [1.807, 2.05) is 24.3 Å². The molecule has 17 heavy (non-hydrogen) atoms.